The van der Waals surface area contributed by atoms with Crippen LogP contribution in [0.15, 0.2) is 24.3 Å². The van der Waals surface area contributed by atoms with Crippen molar-refractivity contribution in [3.05, 3.63) is 29.8 Å². The molecule has 4 nitrogen and oxygen atoms in total. The van der Waals surface area contributed by atoms with Crippen molar-refractivity contribution in [3.8, 4) is 5.75 Å². The largest absolute Gasteiger partial charge is 0.497 e. The maximum absolute atomic E-state index is 13.0. The van der Waals surface area contributed by atoms with E-state index in [0.717, 1.165) is 30.8 Å². The molecule has 1 aromatic carbocycles. The molecule has 128 valence electrons. The van der Waals surface area contributed by atoms with Crippen LogP contribution >= 0.6 is 12.4 Å². The molecule has 1 amide bonds. The first kappa shape index (κ1) is 18.1. The molecule has 2 aliphatic rings. The number of methoxy groups -OCH3 is 1. The first-order valence-electron chi connectivity index (χ1n) is 8.13. The van der Waals surface area contributed by atoms with Crippen molar-refractivity contribution in [1.29, 1.82) is 0 Å². The highest BCUT2D eigenvalue weighted by molar-refractivity contribution is 5.87. The van der Waals surface area contributed by atoms with E-state index in [1.54, 1.807) is 7.11 Å². The molecule has 1 heterocycles. The number of hydrogen-bond donors (Lipinski definition) is 1. The second-order valence-corrected chi connectivity index (χ2v) is 7.23. The van der Waals surface area contributed by atoms with E-state index in [9.17, 15) is 4.79 Å². The molecule has 0 aromatic heterocycles. The topological polar surface area (TPSA) is 55.6 Å². The molecule has 3 atom stereocenters. The van der Waals surface area contributed by atoms with Gasteiger partial charge in [-0.25, -0.2) is 0 Å². The number of fused-ring (bicyclic) bond motifs is 1. The molecule has 0 bridgehead atoms. The minimum Gasteiger partial charge on any atom is -0.497 e. The van der Waals surface area contributed by atoms with E-state index < -0.39 is 5.41 Å². The fourth-order valence-electron chi connectivity index (χ4n) is 4.00. The number of likely N-dealkylation sites (tertiary alicyclic amines) is 1. The smallest absolute Gasteiger partial charge is 0.232 e. The molecule has 3 rings (SSSR count). The van der Waals surface area contributed by atoms with Crippen molar-refractivity contribution in [2.24, 2.45) is 17.6 Å². The molecule has 0 radical (unpaired) electrons. The van der Waals surface area contributed by atoms with Crippen LogP contribution in [0.3, 0.4) is 0 Å². The molecule has 1 aromatic rings. The van der Waals surface area contributed by atoms with Crippen LogP contribution in [0.5, 0.6) is 5.75 Å². The molecular weight excluding hydrogens is 312 g/mol. The Morgan fingerprint density at radius 1 is 1.22 bits per heavy atom. The van der Waals surface area contributed by atoms with Gasteiger partial charge in [-0.3, -0.25) is 4.79 Å². The highest BCUT2D eigenvalue weighted by Crippen LogP contribution is 2.39. The summed E-state index contributed by atoms with van der Waals surface area (Å²) >= 11 is 0. The molecule has 1 saturated heterocycles. The van der Waals surface area contributed by atoms with Crippen LogP contribution in [0.4, 0.5) is 0 Å². The van der Waals surface area contributed by atoms with E-state index in [4.69, 9.17) is 10.5 Å². The van der Waals surface area contributed by atoms with Crippen LogP contribution in [0.2, 0.25) is 0 Å². The maximum atomic E-state index is 13.0. The summed E-state index contributed by atoms with van der Waals surface area (Å²) in [4.78, 5) is 15.0. The summed E-state index contributed by atoms with van der Waals surface area (Å²) in [6.07, 6.45) is 2.28. The van der Waals surface area contributed by atoms with Crippen molar-refractivity contribution < 1.29 is 9.53 Å². The molecule has 1 aliphatic heterocycles. The van der Waals surface area contributed by atoms with Gasteiger partial charge in [0.15, 0.2) is 0 Å². The fraction of sp³-hybridized carbons (Fsp3) is 0.611. The number of amides is 1. The zero-order chi connectivity index (χ0) is 15.9. The average molecular weight is 339 g/mol. The molecule has 5 heteroatoms. The van der Waals surface area contributed by atoms with Gasteiger partial charge in [-0.15, -0.1) is 12.4 Å². The number of benzene rings is 1. The standard InChI is InChI=1S/C18H26N2O2.ClH/c1-18(2,13-5-7-14(22-3)8-6-13)17(21)20-10-12-4-9-16(19)15(12)11-20;/h5-8,12,15-16H,4,9-11,19H2,1-3H3;1H. The van der Waals surface area contributed by atoms with E-state index >= 15 is 0 Å². The van der Waals surface area contributed by atoms with Crippen LogP contribution in [-0.2, 0) is 10.2 Å². The molecule has 23 heavy (non-hydrogen) atoms. The summed E-state index contributed by atoms with van der Waals surface area (Å²) in [6, 6.07) is 8.07. The average Bonchev–Trinajstić information content (AvgIpc) is 3.09. The van der Waals surface area contributed by atoms with Crippen molar-refractivity contribution in [3.63, 3.8) is 0 Å². The van der Waals surface area contributed by atoms with E-state index in [1.807, 2.05) is 43.0 Å². The van der Waals surface area contributed by atoms with Gasteiger partial charge in [0.2, 0.25) is 5.91 Å². The predicted molar refractivity (Wildman–Crippen MR) is 94.0 cm³/mol. The SMILES string of the molecule is COc1ccc(C(C)(C)C(=O)N2CC3CCC(N)C3C2)cc1.Cl. The Labute approximate surface area is 144 Å². The number of ether oxygens (including phenoxy) is 1. The zero-order valence-electron chi connectivity index (χ0n) is 14.1. The molecule has 1 saturated carbocycles. The van der Waals surface area contributed by atoms with E-state index in [0.29, 0.717) is 11.8 Å². The van der Waals surface area contributed by atoms with Gasteiger partial charge < -0.3 is 15.4 Å². The molecular formula is C18H27ClN2O2. The Hall–Kier alpha value is -1.26. The summed E-state index contributed by atoms with van der Waals surface area (Å²) in [5.74, 6) is 2.12. The number of nitrogens with two attached hydrogens (primary N) is 1. The Balaban J connectivity index is 0.00000192. The maximum Gasteiger partial charge on any atom is 0.232 e. The van der Waals surface area contributed by atoms with E-state index in [1.165, 1.54) is 6.42 Å². The second kappa shape index (κ2) is 6.70. The van der Waals surface area contributed by atoms with Gasteiger partial charge in [-0.2, -0.15) is 0 Å². The molecule has 2 N–H and O–H groups in total. The van der Waals surface area contributed by atoms with Crippen LogP contribution in [0.1, 0.15) is 32.3 Å². The Bertz CT molecular complexity index is 559. The molecule has 0 spiro atoms. The summed E-state index contributed by atoms with van der Waals surface area (Å²) in [5.41, 5.74) is 6.69. The van der Waals surface area contributed by atoms with Gasteiger partial charge in [0.05, 0.1) is 12.5 Å². The van der Waals surface area contributed by atoms with Crippen molar-refractivity contribution in [1.82, 2.24) is 4.90 Å². The third-order valence-electron chi connectivity index (χ3n) is 5.55. The van der Waals surface area contributed by atoms with E-state index in [2.05, 4.69) is 0 Å². The van der Waals surface area contributed by atoms with E-state index in [-0.39, 0.29) is 24.4 Å². The number of carbonyl (C=O) groups excluding carboxylic acids is 1. The Morgan fingerprint density at radius 3 is 2.43 bits per heavy atom. The number of carbonyl (C=O) groups is 1. The van der Waals surface area contributed by atoms with Crippen LogP contribution in [0, 0.1) is 11.8 Å². The van der Waals surface area contributed by atoms with Crippen molar-refractivity contribution in [2.75, 3.05) is 20.2 Å². The highest BCUT2D eigenvalue weighted by Gasteiger charge is 2.45. The van der Waals surface area contributed by atoms with Crippen LogP contribution in [-0.4, -0.2) is 37.0 Å². The first-order valence-corrected chi connectivity index (χ1v) is 8.13. The zero-order valence-corrected chi connectivity index (χ0v) is 14.9. The number of nitrogens with zero attached hydrogens (tertiary/aromatic N) is 1. The minimum absolute atomic E-state index is 0. The lowest BCUT2D eigenvalue weighted by Gasteiger charge is -2.30. The predicted octanol–water partition coefficient (Wildman–Crippen LogP) is 2.59. The Morgan fingerprint density at radius 2 is 1.87 bits per heavy atom. The lowest BCUT2D eigenvalue weighted by atomic mass is 9.83. The molecule has 3 unspecified atom stereocenters. The van der Waals surface area contributed by atoms with Gasteiger partial charge in [0.1, 0.15) is 5.75 Å². The third kappa shape index (κ3) is 3.20. The third-order valence-corrected chi connectivity index (χ3v) is 5.55. The first-order chi connectivity index (χ1) is 10.4. The normalized spacial score (nSPS) is 26.6. The lowest BCUT2D eigenvalue weighted by molar-refractivity contribution is -0.135. The van der Waals surface area contributed by atoms with Gasteiger partial charge in [0, 0.05) is 19.1 Å². The Kier molecular flexibility index (Phi) is 5.27. The summed E-state index contributed by atoms with van der Waals surface area (Å²) in [6.45, 7) is 5.71. The van der Waals surface area contributed by atoms with Gasteiger partial charge in [0.25, 0.3) is 0 Å². The van der Waals surface area contributed by atoms with Gasteiger partial charge in [-0.1, -0.05) is 12.1 Å². The monoisotopic (exact) mass is 338 g/mol. The quantitative estimate of drug-likeness (QED) is 0.921. The number of hydrogen-bond acceptors (Lipinski definition) is 3. The molecule has 2 fully saturated rings. The van der Waals surface area contributed by atoms with Crippen molar-refractivity contribution in [2.45, 2.75) is 38.1 Å². The summed E-state index contributed by atoms with van der Waals surface area (Å²) in [7, 11) is 1.65. The van der Waals surface area contributed by atoms with Gasteiger partial charge >= 0.3 is 0 Å². The summed E-state index contributed by atoms with van der Waals surface area (Å²) in [5, 5.41) is 0. The van der Waals surface area contributed by atoms with Crippen molar-refractivity contribution >= 4 is 18.3 Å². The lowest BCUT2D eigenvalue weighted by Crippen LogP contribution is -2.43. The highest BCUT2D eigenvalue weighted by atomic mass is 35.5. The summed E-state index contributed by atoms with van der Waals surface area (Å²) < 4.78 is 5.19. The fourth-order valence-corrected chi connectivity index (χ4v) is 4.00. The minimum atomic E-state index is -0.519. The van der Waals surface area contributed by atoms with Crippen LogP contribution < -0.4 is 10.5 Å². The molecule has 1 aliphatic carbocycles. The number of halogens is 1. The second-order valence-electron chi connectivity index (χ2n) is 7.23. The number of rotatable bonds is 3. The van der Waals surface area contributed by atoms with Gasteiger partial charge in [-0.05, 0) is 56.2 Å². The van der Waals surface area contributed by atoms with Crippen LogP contribution in [0.25, 0.3) is 0 Å².